The second-order valence-corrected chi connectivity index (χ2v) is 10.8. The number of nitrogens with zero attached hydrogens (tertiary/aromatic N) is 2. The van der Waals surface area contributed by atoms with Crippen molar-refractivity contribution in [3.63, 3.8) is 0 Å². The molecule has 1 aliphatic rings. The predicted octanol–water partition coefficient (Wildman–Crippen LogP) is 8.80. The summed E-state index contributed by atoms with van der Waals surface area (Å²) in [6.45, 7) is 0. The molecule has 0 unspecified atom stereocenters. The normalized spacial score (nSPS) is 12.5. The van der Waals surface area contributed by atoms with Crippen LogP contribution in [0.4, 0.5) is 17.1 Å². The van der Waals surface area contributed by atoms with Gasteiger partial charge in [-0.25, -0.2) is 0 Å². The summed E-state index contributed by atoms with van der Waals surface area (Å²) in [6, 6.07) is 43.4. The molecular weight excluding hydrogens is 532 g/mol. The van der Waals surface area contributed by atoms with Crippen LogP contribution in [0.15, 0.2) is 143 Å². The fourth-order valence-corrected chi connectivity index (χ4v) is 6.60. The molecule has 0 bridgehead atoms. The molecule has 0 saturated heterocycles. The Labute approximate surface area is 245 Å². The first-order valence-electron chi connectivity index (χ1n) is 14.2. The summed E-state index contributed by atoms with van der Waals surface area (Å²) in [6.07, 6.45) is 0. The van der Waals surface area contributed by atoms with Crippen LogP contribution >= 0.6 is 0 Å². The average Bonchev–Trinajstić information content (AvgIpc) is 3.07. The molecule has 2 aromatic heterocycles. The summed E-state index contributed by atoms with van der Waals surface area (Å²) >= 11 is 0. The Bertz CT molecular complexity index is 2520. The van der Waals surface area contributed by atoms with Crippen LogP contribution in [0.25, 0.3) is 49.2 Å². The van der Waals surface area contributed by atoms with Gasteiger partial charge in [-0.2, -0.15) is 0 Å². The summed E-state index contributed by atoms with van der Waals surface area (Å²) < 4.78 is 8.81. The van der Waals surface area contributed by atoms with Gasteiger partial charge in [-0.1, -0.05) is 78.9 Å². The van der Waals surface area contributed by atoms with Crippen LogP contribution in [0.1, 0.15) is 0 Å². The molecule has 0 fully saturated rings. The number of rotatable bonds is 2. The number of pyridine rings is 2. The van der Waals surface area contributed by atoms with Crippen LogP contribution in [-0.4, -0.2) is 4.40 Å². The van der Waals surface area contributed by atoms with Gasteiger partial charge in [0.15, 0.2) is 22.4 Å². The second-order valence-electron chi connectivity index (χ2n) is 10.8. The van der Waals surface area contributed by atoms with Gasteiger partial charge in [0, 0.05) is 27.4 Å². The van der Waals surface area contributed by atoms with Gasteiger partial charge in [0.1, 0.15) is 0 Å². The predicted molar refractivity (Wildman–Crippen MR) is 174 cm³/mol. The second kappa shape index (κ2) is 8.78. The van der Waals surface area contributed by atoms with Gasteiger partial charge < -0.3 is 14.0 Å². The zero-order valence-electron chi connectivity index (χ0n) is 22.8. The van der Waals surface area contributed by atoms with E-state index in [0.717, 1.165) is 45.0 Å². The fourth-order valence-electron chi connectivity index (χ4n) is 6.60. The largest absolute Gasteiger partial charge is 0.452 e. The standard InChI is InChI=1S/C38H22N2O3/c41-36-26-15-7-8-19-30(26)40-32-22-33-34(21-29(32)37(42)28-18-9-17-27(36)35(28)40)43-38-25(23-11-3-1-4-12-23)16-10-20-31(38)39(33)24-13-5-2-6-14-24/h1-22H. The third kappa shape index (κ3) is 3.27. The maximum absolute atomic E-state index is 14.1. The van der Waals surface area contributed by atoms with Crippen molar-refractivity contribution in [1.82, 2.24) is 4.40 Å². The number of para-hydroxylation sites is 4. The fraction of sp³-hybridized carbons (Fsp3) is 0. The van der Waals surface area contributed by atoms with E-state index in [0.29, 0.717) is 32.8 Å². The monoisotopic (exact) mass is 554 g/mol. The van der Waals surface area contributed by atoms with Gasteiger partial charge in [0.05, 0.1) is 33.3 Å². The molecular formula is C38H22N2O3. The topological polar surface area (TPSA) is 51.0 Å². The maximum Gasteiger partial charge on any atom is 0.197 e. The highest BCUT2D eigenvalue weighted by atomic mass is 16.5. The summed E-state index contributed by atoms with van der Waals surface area (Å²) in [7, 11) is 0. The van der Waals surface area contributed by atoms with Crippen LogP contribution in [0.2, 0.25) is 0 Å². The van der Waals surface area contributed by atoms with Crippen molar-refractivity contribution >= 4 is 55.2 Å². The third-order valence-corrected chi connectivity index (χ3v) is 8.49. The van der Waals surface area contributed by atoms with Gasteiger partial charge in [0.25, 0.3) is 0 Å². The van der Waals surface area contributed by atoms with Crippen LogP contribution in [0, 0.1) is 0 Å². The molecule has 0 saturated carbocycles. The van der Waals surface area contributed by atoms with E-state index in [4.69, 9.17) is 4.74 Å². The Balaban J connectivity index is 1.44. The zero-order chi connectivity index (χ0) is 28.7. The first-order valence-corrected chi connectivity index (χ1v) is 14.2. The molecule has 9 rings (SSSR count). The van der Waals surface area contributed by atoms with E-state index in [-0.39, 0.29) is 10.9 Å². The molecule has 0 radical (unpaired) electrons. The summed E-state index contributed by atoms with van der Waals surface area (Å²) in [4.78, 5) is 29.9. The van der Waals surface area contributed by atoms with Crippen LogP contribution < -0.4 is 20.5 Å². The third-order valence-electron chi connectivity index (χ3n) is 8.49. The lowest BCUT2D eigenvalue weighted by atomic mass is 9.99. The molecule has 0 aliphatic carbocycles. The molecule has 5 nitrogen and oxygen atoms in total. The number of benzene rings is 6. The van der Waals surface area contributed by atoms with Gasteiger partial charge in [0.2, 0.25) is 0 Å². The van der Waals surface area contributed by atoms with E-state index < -0.39 is 0 Å². The molecule has 8 aromatic rings. The zero-order valence-corrected chi connectivity index (χ0v) is 22.8. The van der Waals surface area contributed by atoms with Gasteiger partial charge in [-0.05, 0) is 60.2 Å². The lowest BCUT2D eigenvalue weighted by molar-refractivity contribution is 0.479. The quantitative estimate of drug-likeness (QED) is 0.158. The van der Waals surface area contributed by atoms with E-state index in [1.54, 1.807) is 12.1 Å². The average molecular weight is 555 g/mol. The number of fused-ring (bicyclic) bond motifs is 6. The number of hydrogen-bond donors (Lipinski definition) is 0. The molecule has 5 heteroatoms. The van der Waals surface area contributed by atoms with Crippen molar-refractivity contribution in [2.75, 3.05) is 4.90 Å². The highest BCUT2D eigenvalue weighted by Crippen LogP contribution is 2.54. The number of hydrogen-bond acceptors (Lipinski definition) is 4. The molecule has 0 N–H and O–H groups in total. The molecule has 1 aliphatic heterocycles. The van der Waals surface area contributed by atoms with Gasteiger partial charge >= 0.3 is 0 Å². The van der Waals surface area contributed by atoms with Crippen molar-refractivity contribution in [1.29, 1.82) is 0 Å². The van der Waals surface area contributed by atoms with Crippen molar-refractivity contribution in [3.8, 4) is 22.6 Å². The highest BCUT2D eigenvalue weighted by Gasteiger charge is 2.30. The number of ether oxygens (including phenoxy) is 1. The molecule has 43 heavy (non-hydrogen) atoms. The molecule has 0 amide bonds. The first kappa shape index (κ1) is 23.7. The SMILES string of the molecule is O=c1c2ccccc2n2c3cc4c(cc3c(=O)c3cccc1c32)Oc1c(-c2ccccc2)cccc1N4c1ccccc1. The Morgan fingerprint density at radius 2 is 1.16 bits per heavy atom. The maximum atomic E-state index is 14.1. The minimum atomic E-state index is -0.130. The Morgan fingerprint density at radius 3 is 1.95 bits per heavy atom. The number of anilines is 3. The van der Waals surface area contributed by atoms with Crippen molar-refractivity contribution < 1.29 is 4.74 Å². The smallest absolute Gasteiger partial charge is 0.197 e. The van der Waals surface area contributed by atoms with E-state index in [9.17, 15) is 9.59 Å². The summed E-state index contributed by atoms with van der Waals surface area (Å²) in [5, 5.41) is 2.18. The minimum Gasteiger partial charge on any atom is -0.452 e. The Morgan fingerprint density at radius 1 is 0.512 bits per heavy atom. The lowest BCUT2D eigenvalue weighted by Gasteiger charge is -2.34. The molecule has 6 aromatic carbocycles. The molecule has 0 spiro atoms. The molecule has 202 valence electrons. The molecule has 0 atom stereocenters. The Kier molecular flexibility index (Phi) is 4.85. The van der Waals surface area contributed by atoms with E-state index in [2.05, 4.69) is 45.7 Å². The van der Waals surface area contributed by atoms with E-state index >= 15 is 0 Å². The first-order chi connectivity index (χ1) is 21.2. The van der Waals surface area contributed by atoms with Crippen LogP contribution in [0.5, 0.6) is 11.5 Å². The Hall–Kier alpha value is -5.94. The molecule has 3 heterocycles. The van der Waals surface area contributed by atoms with Crippen molar-refractivity contribution in [2.45, 2.75) is 0 Å². The van der Waals surface area contributed by atoms with E-state index in [1.165, 1.54) is 0 Å². The van der Waals surface area contributed by atoms with E-state index in [1.807, 2.05) is 84.9 Å². The number of aromatic nitrogens is 1. The van der Waals surface area contributed by atoms with Gasteiger partial charge in [-0.15, -0.1) is 0 Å². The van der Waals surface area contributed by atoms with Crippen molar-refractivity contribution in [2.24, 2.45) is 0 Å². The lowest BCUT2D eigenvalue weighted by Crippen LogP contribution is -2.18. The highest BCUT2D eigenvalue weighted by molar-refractivity contribution is 6.09. The summed E-state index contributed by atoms with van der Waals surface area (Å²) in [5.41, 5.74) is 6.60. The minimum absolute atomic E-state index is 0.0745. The summed E-state index contributed by atoms with van der Waals surface area (Å²) in [5.74, 6) is 1.32. The van der Waals surface area contributed by atoms with Gasteiger partial charge in [-0.3, -0.25) is 9.59 Å². The van der Waals surface area contributed by atoms with Crippen LogP contribution in [-0.2, 0) is 0 Å². The van der Waals surface area contributed by atoms with Crippen LogP contribution in [0.3, 0.4) is 0 Å². The van der Waals surface area contributed by atoms with Crippen molar-refractivity contribution in [3.05, 3.63) is 154 Å².